The standard InChI is InChI=1S/C6H10N3O5P.C6H14N2O2.H3O4P.H3O3P/c10-6(11)5(9-15(12,13)14)1-4-2-7-3-8-4;7-4-2-1-3-5(8)6(9)10;1-5(2,3)4;1-4(2)3/h2-3,5H,1H2,(H,7,8)(H,10,11)(H3,9,12,13,14);5H,1-4,7-8H2,(H,9,10);(H3,1,2,3,4);1-3H. The van der Waals surface area contributed by atoms with Crippen molar-refractivity contribution in [2.24, 2.45) is 11.5 Å². The highest BCUT2D eigenvalue weighted by atomic mass is 31.2. The van der Waals surface area contributed by atoms with Crippen LogP contribution >= 0.6 is 24.2 Å². The molecule has 22 heteroatoms. The second-order valence-corrected chi connectivity index (χ2v) is 8.75. The van der Waals surface area contributed by atoms with Crippen molar-refractivity contribution >= 4 is 36.1 Å². The van der Waals surface area contributed by atoms with Crippen LogP contribution in [-0.4, -0.2) is 89.9 Å². The lowest BCUT2D eigenvalue weighted by Gasteiger charge is -2.13. The zero-order chi connectivity index (χ0) is 27.5. The van der Waals surface area contributed by atoms with Crippen molar-refractivity contribution in [2.45, 2.75) is 37.8 Å². The van der Waals surface area contributed by atoms with Crippen LogP contribution in [0.25, 0.3) is 0 Å². The van der Waals surface area contributed by atoms with E-state index in [4.69, 9.17) is 65.4 Å². The van der Waals surface area contributed by atoms with E-state index in [1.54, 1.807) is 5.09 Å². The van der Waals surface area contributed by atoms with E-state index in [2.05, 4.69) is 9.97 Å². The van der Waals surface area contributed by atoms with Gasteiger partial charge in [0.15, 0.2) is 0 Å². The lowest BCUT2D eigenvalue weighted by atomic mass is 10.1. The zero-order valence-corrected chi connectivity index (χ0v) is 20.1. The Kier molecular flexibility index (Phi) is 21.7. The minimum atomic E-state index is -4.64. The molecule has 0 aromatic carbocycles. The molecule has 202 valence electrons. The molecule has 0 aliphatic rings. The number of rotatable bonds is 10. The number of aromatic amines is 1. The number of imidazole rings is 1. The highest BCUT2D eigenvalue weighted by molar-refractivity contribution is 7.49. The predicted molar refractivity (Wildman–Crippen MR) is 115 cm³/mol. The number of hydrogen-bond donors (Lipinski definition) is 14. The van der Waals surface area contributed by atoms with Crippen molar-refractivity contribution in [2.75, 3.05) is 6.54 Å². The Hall–Kier alpha value is -1.40. The molecule has 0 aliphatic heterocycles. The summed E-state index contributed by atoms with van der Waals surface area (Å²) in [5, 5.41) is 18.7. The molecule has 1 rings (SSSR count). The van der Waals surface area contributed by atoms with Crippen LogP contribution in [0, 0.1) is 0 Å². The summed E-state index contributed by atoms with van der Waals surface area (Å²) in [4.78, 5) is 87.6. The van der Waals surface area contributed by atoms with Gasteiger partial charge in [-0.05, 0) is 19.4 Å². The van der Waals surface area contributed by atoms with Gasteiger partial charge in [-0.3, -0.25) is 9.59 Å². The molecule has 0 spiro atoms. The number of hydrogen-bond acceptors (Lipinski definition) is 10. The first-order valence-corrected chi connectivity index (χ1v) is 13.0. The smallest absolute Gasteiger partial charge is 0.466 e. The van der Waals surface area contributed by atoms with E-state index >= 15 is 0 Å². The summed E-state index contributed by atoms with van der Waals surface area (Å²) in [6.45, 7) is 0.604. The number of nitrogens with zero attached hydrogens (tertiary/aromatic N) is 1. The van der Waals surface area contributed by atoms with E-state index in [0.717, 1.165) is 12.8 Å². The minimum absolute atomic E-state index is 0.107. The highest BCUT2D eigenvalue weighted by Crippen LogP contribution is 2.29. The molecule has 0 bridgehead atoms. The van der Waals surface area contributed by atoms with Crippen LogP contribution in [0.1, 0.15) is 25.0 Å². The minimum Gasteiger partial charge on any atom is -0.480 e. The molecule has 2 unspecified atom stereocenters. The molecule has 0 aliphatic carbocycles. The number of aromatic nitrogens is 2. The second-order valence-electron chi connectivity index (χ2n) is 5.84. The van der Waals surface area contributed by atoms with Gasteiger partial charge in [0.1, 0.15) is 12.1 Å². The normalized spacial score (nSPS) is 12.7. The molecule has 0 saturated heterocycles. The quantitative estimate of drug-likeness (QED) is 0.0991. The maximum absolute atomic E-state index is 10.7. The summed E-state index contributed by atoms with van der Waals surface area (Å²) in [6.07, 6.45) is 4.87. The van der Waals surface area contributed by atoms with Gasteiger partial charge in [-0.2, -0.15) is 0 Å². The SMILES string of the molecule is NCCCCC(N)C(=O)O.O=C(O)C(Cc1c[nH]cn1)NP(=O)(O)O.O=P(O)(O)O.OP(O)O. The molecule has 0 saturated carbocycles. The molecule has 0 radical (unpaired) electrons. The Morgan fingerprint density at radius 3 is 1.82 bits per heavy atom. The van der Waals surface area contributed by atoms with Crippen molar-refractivity contribution in [3.05, 3.63) is 18.2 Å². The average Bonchev–Trinajstić information content (AvgIpc) is 3.11. The first kappa shape index (κ1) is 37.2. The molecule has 0 amide bonds. The first-order chi connectivity index (χ1) is 15.3. The van der Waals surface area contributed by atoms with E-state index in [-0.39, 0.29) is 6.42 Å². The van der Waals surface area contributed by atoms with Crippen molar-refractivity contribution in [1.82, 2.24) is 15.1 Å². The number of phosphoric acid groups is 1. The second kappa shape index (κ2) is 19.9. The third-order valence-corrected chi connectivity index (χ3v) is 3.52. The molecule has 2 atom stereocenters. The van der Waals surface area contributed by atoms with Crippen LogP contribution in [0.5, 0.6) is 0 Å². The fourth-order valence-electron chi connectivity index (χ4n) is 1.63. The Bertz CT molecular complexity index is 744. The fourth-order valence-corrected chi connectivity index (χ4v) is 2.24. The van der Waals surface area contributed by atoms with Crippen LogP contribution in [0.2, 0.25) is 0 Å². The molecule has 16 N–H and O–H groups in total. The van der Waals surface area contributed by atoms with Crippen molar-refractivity contribution in [3.63, 3.8) is 0 Å². The molecule has 1 aromatic heterocycles. The predicted octanol–water partition coefficient (Wildman–Crippen LogP) is -3.12. The van der Waals surface area contributed by atoms with Crippen molar-refractivity contribution < 1.29 is 68.1 Å². The van der Waals surface area contributed by atoms with Gasteiger partial charge in [0.2, 0.25) is 0 Å². The summed E-state index contributed by atoms with van der Waals surface area (Å²) < 4.78 is 19.4. The molecule has 1 heterocycles. The van der Waals surface area contributed by atoms with Gasteiger partial charge in [0, 0.05) is 12.6 Å². The highest BCUT2D eigenvalue weighted by Gasteiger charge is 2.26. The molecular weight excluding hydrogens is 531 g/mol. The van der Waals surface area contributed by atoms with E-state index in [0.29, 0.717) is 18.7 Å². The average molecular weight is 561 g/mol. The molecule has 0 fully saturated rings. The van der Waals surface area contributed by atoms with Gasteiger partial charge in [0.25, 0.3) is 0 Å². The van der Waals surface area contributed by atoms with Crippen LogP contribution in [0.15, 0.2) is 12.5 Å². The number of carboxylic acid groups (broad SMARTS) is 2. The zero-order valence-electron chi connectivity index (χ0n) is 17.4. The lowest BCUT2D eigenvalue weighted by Crippen LogP contribution is -2.36. The van der Waals surface area contributed by atoms with E-state index in [1.807, 2.05) is 0 Å². The number of carbonyl (C=O) groups is 2. The Balaban J connectivity index is -0.000000435. The maximum atomic E-state index is 10.7. The largest absolute Gasteiger partial charge is 0.480 e. The van der Waals surface area contributed by atoms with Crippen molar-refractivity contribution in [1.29, 1.82) is 0 Å². The van der Waals surface area contributed by atoms with E-state index < -0.39 is 48.2 Å². The summed E-state index contributed by atoms with van der Waals surface area (Å²) in [5.41, 5.74) is 10.8. The van der Waals surface area contributed by atoms with Crippen LogP contribution in [0.3, 0.4) is 0 Å². The third-order valence-electron chi connectivity index (χ3n) is 2.88. The third kappa shape index (κ3) is 35.2. The Morgan fingerprint density at radius 1 is 1.06 bits per heavy atom. The monoisotopic (exact) mass is 561 g/mol. The van der Waals surface area contributed by atoms with Gasteiger partial charge in [-0.15, -0.1) is 0 Å². The van der Waals surface area contributed by atoms with Gasteiger partial charge in [0.05, 0.1) is 12.0 Å². The number of nitrogens with one attached hydrogen (secondary N) is 2. The van der Waals surface area contributed by atoms with Gasteiger partial charge in [-0.1, -0.05) is 6.42 Å². The molecule has 34 heavy (non-hydrogen) atoms. The first-order valence-electron chi connectivity index (χ1n) is 8.67. The number of aliphatic carboxylic acids is 2. The van der Waals surface area contributed by atoms with Gasteiger partial charge in [-0.25, -0.2) is 19.2 Å². The van der Waals surface area contributed by atoms with Gasteiger partial charge >= 0.3 is 36.1 Å². The topological polar surface area (TPSA) is 363 Å². The summed E-state index contributed by atoms with van der Waals surface area (Å²) in [7, 11) is -11.8. The number of H-pyrrole nitrogens is 1. The Labute approximate surface area is 193 Å². The summed E-state index contributed by atoms with van der Waals surface area (Å²) >= 11 is 0. The molecule has 1 aromatic rings. The maximum Gasteiger partial charge on any atom is 0.466 e. The molecular formula is C12H30N5O14P3. The van der Waals surface area contributed by atoms with E-state index in [9.17, 15) is 14.2 Å². The van der Waals surface area contributed by atoms with Gasteiger partial charge < -0.3 is 65.8 Å². The van der Waals surface area contributed by atoms with E-state index in [1.165, 1.54) is 12.5 Å². The van der Waals surface area contributed by atoms with Crippen LogP contribution in [0.4, 0.5) is 0 Å². The summed E-state index contributed by atoms with van der Waals surface area (Å²) in [6, 6.07) is -2.08. The fraction of sp³-hybridized carbons (Fsp3) is 0.583. The Morgan fingerprint density at radius 2 is 1.53 bits per heavy atom. The molecule has 19 nitrogen and oxygen atoms in total. The number of unbranched alkanes of at least 4 members (excludes halogenated alkanes) is 1. The van der Waals surface area contributed by atoms with Crippen LogP contribution in [-0.2, 0) is 25.1 Å². The number of carboxylic acids is 2. The number of nitrogens with two attached hydrogens (primary N) is 2. The van der Waals surface area contributed by atoms with Crippen molar-refractivity contribution in [3.8, 4) is 0 Å². The lowest BCUT2D eigenvalue weighted by molar-refractivity contribution is -0.139. The summed E-state index contributed by atoms with van der Waals surface area (Å²) in [5.74, 6) is -2.28. The van der Waals surface area contributed by atoms with Crippen LogP contribution < -0.4 is 16.6 Å².